The molecule has 6 heteroatoms. The highest BCUT2D eigenvalue weighted by Gasteiger charge is 2.14. The van der Waals surface area contributed by atoms with E-state index < -0.39 is 11.9 Å². The van der Waals surface area contributed by atoms with Crippen molar-refractivity contribution in [1.82, 2.24) is 0 Å². The largest absolute Gasteiger partial charge is 0.478 e. The first-order chi connectivity index (χ1) is 9.90. The number of carbonyl (C=O) groups excluding carboxylic acids is 1. The van der Waals surface area contributed by atoms with Crippen molar-refractivity contribution in [2.24, 2.45) is 0 Å². The third-order valence-corrected chi connectivity index (χ3v) is 3.41. The number of halogens is 1. The number of aromatic carboxylic acids is 1. The quantitative estimate of drug-likeness (QED) is 0.759. The summed E-state index contributed by atoms with van der Waals surface area (Å²) in [6.07, 6.45) is 0. The molecule has 2 aromatic carbocycles. The van der Waals surface area contributed by atoms with Gasteiger partial charge >= 0.3 is 5.97 Å². The zero-order valence-electron chi connectivity index (χ0n) is 11.2. The molecule has 4 N–H and O–H groups in total. The summed E-state index contributed by atoms with van der Waals surface area (Å²) in [6.45, 7) is 1.74. The van der Waals surface area contributed by atoms with Crippen molar-refractivity contribution < 1.29 is 14.7 Å². The highest BCUT2D eigenvalue weighted by atomic mass is 35.5. The second-order valence-electron chi connectivity index (χ2n) is 4.47. The molecule has 0 fully saturated rings. The Balaban J connectivity index is 2.33. The predicted octanol–water partition coefficient (Wildman–Crippen LogP) is 3.18. The van der Waals surface area contributed by atoms with Crippen molar-refractivity contribution in [3.63, 3.8) is 0 Å². The van der Waals surface area contributed by atoms with Crippen LogP contribution < -0.4 is 11.1 Å². The van der Waals surface area contributed by atoms with Crippen LogP contribution in [-0.4, -0.2) is 17.0 Å². The third-order valence-electron chi connectivity index (χ3n) is 3.08. The molecular formula is C15H13ClN2O3. The molecular weight excluding hydrogens is 292 g/mol. The molecule has 0 saturated carbocycles. The summed E-state index contributed by atoms with van der Waals surface area (Å²) >= 11 is 5.97. The lowest BCUT2D eigenvalue weighted by atomic mass is 10.1. The highest BCUT2D eigenvalue weighted by Crippen LogP contribution is 2.25. The lowest BCUT2D eigenvalue weighted by molar-refractivity contribution is 0.0696. The molecule has 2 aromatic rings. The maximum atomic E-state index is 12.2. The molecule has 0 heterocycles. The van der Waals surface area contributed by atoms with Crippen LogP contribution in [0.2, 0.25) is 5.02 Å². The minimum atomic E-state index is -1.10. The van der Waals surface area contributed by atoms with Crippen molar-refractivity contribution in [2.45, 2.75) is 6.92 Å². The average molecular weight is 305 g/mol. The summed E-state index contributed by atoms with van der Waals surface area (Å²) in [7, 11) is 0. The van der Waals surface area contributed by atoms with Crippen LogP contribution in [-0.2, 0) is 0 Å². The van der Waals surface area contributed by atoms with E-state index in [1.165, 1.54) is 18.2 Å². The van der Waals surface area contributed by atoms with Gasteiger partial charge in [-0.3, -0.25) is 4.79 Å². The minimum Gasteiger partial charge on any atom is -0.478 e. The van der Waals surface area contributed by atoms with E-state index in [-0.39, 0.29) is 16.3 Å². The topological polar surface area (TPSA) is 92.4 Å². The van der Waals surface area contributed by atoms with Gasteiger partial charge in [-0.15, -0.1) is 0 Å². The minimum absolute atomic E-state index is 0.0407. The fraction of sp³-hybridized carbons (Fsp3) is 0.0667. The lowest BCUT2D eigenvalue weighted by Crippen LogP contribution is -2.15. The maximum Gasteiger partial charge on any atom is 0.335 e. The van der Waals surface area contributed by atoms with Crippen molar-refractivity contribution in [3.8, 4) is 0 Å². The molecule has 1 amide bonds. The molecule has 108 valence electrons. The first-order valence-corrected chi connectivity index (χ1v) is 6.47. The second kappa shape index (κ2) is 5.85. The first kappa shape index (κ1) is 14.9. The molecule has 0 unspecified atom stereocenters. The summed E-state index contributed by atoms with van der Waals surface area (Å²) in [5, 5.41) is 11.8. The summed E-state index contributed by atoms with van der Waals surface area (Å²) in [5.41, 5.74) is 7.61. The Kier molecular flexibility index (Phi) is 4.14. The van der Waals surface area contributed by atoms with Crippen LogP contribution in [0.1, 0.15) is 26.3 Å². The van der Waals surface area contributed by atoms with Crippen molar-refractivity contribution >= 4 is 34.9 Å². The Morgan fingerprint density at radius 3 is 2.62 bits per heavy atom. The van der Waals surface area contributed by atoms with E-state index >= 15 is 0 Å². The summed E-state index contributed by atoms with van der Waals surface area (Å²) in [4.78, 5) is 23.2. The number of hydrogen-bond acceptors (Lipinski definition) is 3. The smallest absolute Gasteiger partial charge is 0.335 e. The van der Waals surface area contributed by atoms with Crippen LogP contribution in [0.25, 0.3) is 0 Å². The lowest BCUT2D eigenvalue weighted by Gasteiger charge is -2.11. The number of carbonyl (C=O) groups is 2. The number of carboxylic acid groups (broad SMARTS) is 1. The van der Waals surface area contributed by atoms with Gasteiger partial charge in [-0.25, -0.2) is 4.79 Å². The zero-order valence-corrected chi connectivity index (χ0v) is 11.9. The molecule has 0 saturated heterocycles. The molecule has 0 aromatic heterocycles. The Hall–Kier alpha value is -2.53. The first-order valence-electron chi connectivity index (χ1n) is 6.09. The molecule has 0 radical (unpaired) electrons. The molecule has 0 bridgehead atoms. The number of rotatable bonds is 3. The van der Waals surface area contributed by atoms with Crippen LogP contribution in [0.4, 0.5) is 11.4 Å². The maximum absolute atomic E-state index is 12.2. The summed E-state index contributed by atoms with van der Waals surface area (Å²) < 4.78 is 0. The van der Waals surface area contributed by atoms with Gasteiger partial charge in [0.05, 0.1) is 16.3 Å². The molecule has 0 spiro atoms. The van der Waals surface area contributed by atoms with Gasteiger partial charge in [0.1, 0.15) is 0 Å². The van der Waals surface area contributed by atoms with Crippen LogP contribution in [0.3, 0.4) is 0 Å². The number of benzene rings is 2. The van der Waals surface area contributed by atoms with E-state index in [0.717, 1.165) is 0 Å². The van der Waals surface area contributed by atoms with E-state index in [0.29, 0.717) is 16.8 Å². The number of carboxylic acids is 1. The normalized spacial score (nSPS) is 10.2. The number of anilines is 2. The SMILES string of the molecule is Cc1c(N)cccc1C(=O)Nc1cc(C(=O)O)ccc1Cl. The standard InChI is InChI=1S/C15H13ClN2O3/c1-8-10(3-2-4-12(8)17)14(19)18-13-7-9(15(20)21)5-6-11(13)16/h2-7H,17H2,1H3,(H,18,19)(H,20,21). The average Bonchev–Trinajstić information content (AvgIpc) is 2.43. The van der Waals surface area contributed by atoms with E-state index in [1.54, 1.807) is 25.1 Å². The summed E-state index contributed by atoms with van der Waals surface area (Å²) in [5.74, 6) is -1.49. The van der Waals surface area contributed by atoms with Crippen molar-refractivity contribution in [3.05, 3.63) is 58.1 Å². The molecule has 21 heavy (non-hydrogen) atoms. The van der Waals surface area contributed by atoms with Gasteiger partial charge in [0.25, 0.3) is 5.91 Å². The summed E-state index contributed by atoms with van der Waals surface area (Å²) in [6, 6.07) is 9.11. The van der Waals surface area contributed by atoms with Gasteiger partial charge in [-0.2, -0.15) is 0 Å². The predicted molar refractivity (Wildman–Crippen MR) is 82.0 cm³/mol. The van der Waals surface area contributed by atoms with E-state index in [1.807, 2.05) is 0 Å². The van der Waals surface area contributed by atoms with E-state index in [4.69, 9.17) is 22.4 Å². The Morgan fingerprint density at radius 2 is 1.95 bits per heavy atom. The number of nitrogen functional groups attached to an aromatic ring is 1. The van der Waals surface area contributed by atoms with Gasteiger partial charge in [0.15, 0.2) is 0 Å². The second-order valence-corrected chi connectivity index (χ2v) is 4.88. The van der Waals surface area contributed by atoms with Crippen LogP contribution in [0.5, 0.6) is 0 Å². The number of nitrogens with two attached hydrogens (primary N) is 1. The van der Waals surface area contributed by atoms with Gasteiger partial charge in [0, 0.05) is 11.3 Å². The Morgan fingerprint density at radius 1 is 1.24 bits per heavy atom. The monoisotopic (exact) mass is 304 g/mol. The molecule has 5 nitrogen and oxygen atoms in total. The molecule has 0 atom stereocenters. The molecule has 0 aliphatic heterocycles. The van der Waals surface area contributed by atoms with Crippen molar-refractivity contribution in [2.75, 3.05) is 11.1 Å². The van der Waals surface area contributed by atoms with Crippen molar-refractivity contribution in [1.29, 1.82) is 0 Å². The van der Waals surface area contributed by atoms with E-state index in [2.05, 4.69) is 5.32 Å². The third kappa shape index (κ3) is 3.14. The fourth-order valence-corrected chi connectivity index (χ4v) is 2.01. The number of nitrogens with one attached hydrogen (secondary N) is 1. The van der Waals surface area contributed by atoms with Gasteiger partial charge < -0.3 is 16.2 Å². The zero-order chi connectivity index (χ0) is 15.6. The van der Waals surface area contributed by atoms with Crippen LogP contribution >= 0.6 is 11.6 Å². The molecule has 0 aliphatic rings. The Bertz CT molecular complexity index is 729. The molecule has 2 rings (SSSR count). The number of amides is 1. The Labute approximate surface area is 126 Å². The van der Waals surface area contributed by atoms with E-state index in [9.17, 15) is 9.59 Å². The van der Waals surface area contributed by atoms with Gasteiger partial charge in [-0.05, 0) is 42.8 Å². The molecule has 0 aliphatic carbocycles. The van der Waals surface area contributed by atoms with Crippen LogP contribution in [0, 0.1) is 6.92 Å². The van der Waals surface area contributed by atoms with Crippen LogP contribution in [0.15, 0.2) is 36.4 Å². The van der Waals surface area contributed by atoms with Gasteiger partial charge in [-0.1, -0.05) is 17.7 Å². The van der Waals surface area contributed by atoms with Gasteiger partial charge in [0.2, 0.25) is 0 Å². The number of hydrogen-bond donors (Lipinski definition) is 3. The highest BCUT2D eigenvalue weighted by molar-refractivity contribution is 6.34. The fourth-order valence-electron chi connectivity index (χ4n) is 1.84.